The van der Waals surface area contributed by atoms with Crippen molar-refractivity contribution in [2.75, 3.05) is 11.9 Å². The number of nitrogens with one attached hydrogen (secondary N) is 2. The highest BCUT2D eigenvalue weighted by Gasteiger charge is 2.16. The summed E-state index contributed by atoms with van der Waals surface area (Å²) in [6.07, 6.45) is 1.73. The highest BCUT2D eigenvalue weighted by molar-refractivity contribution is 7.89. The maximum atomic E-state index is 12.2. The number of para-hydroxylation sites is 1. The molecular weight excluding hydrogens is 286 g/mol. The fraction of sp³-hybridized carbons (Fsp3) is 0.267. The van der Waals surface area contributed by atoms with Gasteiger partial charge in [0.2, 0.25) is 10.0 Å². The number of anilines is 1. The van der Waals surface area contributed by atoms with E-state index in [0.717, 1.165) is 11.3 Å². The maximum absolute atomic E-state index is 12.2. The van der Waals surface area contributed by atoms with Crippen molar-refractivity contribution in [1.82, 2.24) is 9.71 Å². The van der Waals surface area contributed by atoms with Gasteiger partial charge < -0.3 is 5.32 Å². The lowest BCUT2D eigenvalue weighted by molar-refractivity contribution is 0.584. The molecule has 112 valence electrons. The van der Waals surface area contributed by atoms with Gasteiger partial charge in [0.1, 0.15) is 4.90 Å². The van der Waals surface area contributed by atoms with E-state index in [2.05, 4.69) is 15.0 Å². The molecular formula is C15H19N3O2S. The summed E-state index contributed by atoms with van der Waals surface area (Å²) in [6.45, 7) is 4.57. The van der Waals surface area contributed by atoms with Gasteiger partial charge in [0.15, 0.2) is 0 Å². The third-order valence-electron chi connectivity index (χ3n) is 3.08. The summed E-state index contributed by atoms with van der Waals surface area (Å²) < 4.78 is 26.8. The molecule has 0 radical (unpaired) electrons. The van der Waals surface area contributed by atoms with Gasteiger partial charge in [0, 0.05) is 12.7 Å². The van der Waals surface area contributed by atoms with Crippen LogP contribution in [-0.4, -0.2) is 19.9 Å². The molecule has 0 spiro atoms. The monoisotopic (exact) mass is 305 g/mol. The molecule has 0 aliphatic heterocycles. The van der Waals surface area contributed by atoms with Crippen LogP contribution in [0.2, 0.25) is 0 Å². The molecule has 0 unspecified atom stereocenters. The topological polar surface area (TPSA) is 71.1 Å². The molecule has 0 saturated heterocycles. The number of hydrogen-bond acceptors (Lipinski definition) is 4. The Hall–Kier alpha value is -1.92. The first-order valence-corrected chi connectivity index (χ1v) is 8.26. The van der Waals surface area contributed by atoms with Gasteiger partial charge in [-0.25, -0.2) is 13.1 Å². The first kappa shape index (κ1) is 15.5. The van der Waals surface area contributed by atoms with Crippen molar-refractivity contribution in [3.05, 3.63) is 53.9 Å². The molecule has 0 amide bonds. The molecule has 0 aliphatic carbocycles. The highest BCUT2D eigenvalue weighted by atomic mass is 32.2. The van der Waals surface area contributed by atoms with Crippen LogP contribution in [-0.2, 0) is 16.6 Å². The predicted octanol–water partition coefficient (Wildman–Crippen LogP) is 2.30. The van der Waals surface area contributed by atoms with Crippen LogP contribution < -0.4 is 10.0 Å². The molecule has 0 aliphatic rings. The summed E-state index contributed by atoms with van der Waals surface area (Å²) in [6, 6.07) is 10.7. The largest absolute Gasteiger partial charge is 0.378 e. The summed E-state index contributed by atoms with van der Waals surface area (Å²) in [5, 5.41) is 3.15. The summed E-state index contributed by atoms with van der Waals surface area (Å²) in [5.74, 6) is 0. The minimum atomic E-state index is -3.49. The molecule has 1 heterocycles. The van der Waals surface area contributed by atoms with E-state index in [1.165, 1.54) is 0 Å². The van der Waals surface area contributed by atoms with E-state index in [9.17, 15) is 8.42 Å². The van der Waals surface area contributed by atoms with Gasteiger partial charge in [-0.1, -0.05) is 25.1 Å². The highest BCUT2D eigenvalue weighted by Crippen LogP contribution is 2.21. The summed E-state index contributed by atoms with van der Waals surface area (Å²) in [7, 11) is -3.49. The number of rotatable bonds is 6. The van der Waals surface area contributed by atoms with Gasteiger partial charge in [-0.15, -0.1) is 0 Å². The lowest BCUT2D eigenvalue weighted by atomic mass is 10.2. The van der Waals surface area contributed by atoms with Crippen LogP contribution in [0.25, 0.3) is 0 Å². The molecule has 1 aromatic carbocycles. The van der Waals surface area contributed by atoms with E-state index in [0.29, 0.717) is 18.8 Å². The van der Waals surface area contributed by atoms with Crippen LogP contribution in [0.1, 0.15) is 18.2 Å². The molecule has 0 bridgehead atoms. The van der Waals surface area contributed by atoms with Crippen molar-refractivity contribution in [2.45, 2.75) is 25.3 Å². The Kier molecular flexibility index (Phi) is 4.93. The quantitative estimate of drug-likeness (QED) is 0.859. The van der Waals surface area contributed by atoms with Gasteiger partial charge in [-0.05, 0) is 30.7 Å². The Morgan fingerprint density at radius 3 is 2.62 bits per heavy atom. The summed E-state index contributed by atoms with van der Waals surface area (Å²) >= 11 is 0. The molecule has 2 rings (SSSR count). The second-order valence-corrected chi connectivity index (χ2v) is 6.35. The zero-order chi connectivity index (χ0) is 15.3. The van der Waals surface area contributed by atoms with Gasteiger partial charge in [0.05, 0.1) is 17.9 Å². The average Bonchev–Trinajstić information content (AvgIpc) is 2.47. The van der Waals surface area contributed by atoms with Crippen LogP contribution in [0.15, 0.2) is 47.5 Å². The third-order valence-corrected chi connectivity index (χ3v) is 4.68. The Morgan fingerprint density at radius 2 is 1.90 bits per heavy atom. The molecule has 21 heavy (non-hydrogen) atoms. The predicted molar refractivity (Wildman–Crippen MR) is 83.6 cm³/mol. The van der Waals surface area contributed by atoms with Crippen molar-refractivity contribution in [2.24, 2.45) is 0 Å². The summed E-state index contributed by atoms with van der Waals surface area (Å²) in [4.78, 5) is 4.54. The molecule has 6 heteroatoms. The smallest absolute Gasteiger partial charge is 0.242 e. The first-order valence-electron chi connectivity index (χ1n) is 6.77. The van der Waals surface area contributed by atoms with E-state index >= 15 is 0 Å². The molecule has 0 atom stereocenters. The fourth-order valence-electron chi connectivity index (χ4n) is 2.00. The number of aryl methyl sites for hydroxylation is 1. The standard InChI is InChI=1S/C15H19N3O2S/c1-3-18-21(19,20)15-9-5-4-8-13(15)17-11-14-12(2)7-6-10-16-14/h4-10,17-18H,3,11H2,1-2H3. The number of hydrogen-bond donors (Lipinski definition) is 2. The Bertz CT molecular complexity index is 714. The second-order valence-electron chi connectivity index (χ2n) is 4.62. The van der Waals surface area contributed by atoms with Crippen LogP contribution in [0.5, 0.6) is 0 Å². The van der Waals surface area contributed by atoms with E-state index < -0.39 is 10.0 Å². The van der Waals surface area contributed by atoms with E-state index in [1.807, 2.05) is 19.1 Å². The Labute approximate surface area is 125 Å². The van der Waals surface area contributed by atoms with E-state index in [-0.39, 0.29) is 4.90 Å². The lowest BCUT2D eigenvalue weighted by Gasteiger charge is -2.13. The van der Waals surface area contributed by atoms with Crippen molar-refractivity contribution in [1.29, 1.82) is 0 Å². The van der Waals surface area contributed by atoms with E-state index in [4.69, 9.17) is 0 Å². The van der Waals surface area contributed by atoms with Crippen LogP contribution in [0, 0.1) is 6.92 Å². The number of aromatic nitrogens is 1. The van der Waals surface area contributed by atoms with Crippen LogP contribution in [0.4, 0.5) is 5.69 Å². The first-order chi connectivity index (χ1) is 10.0. The normalized spacial score (nSPS) is 11.3. The van der Waals surface area contributed by atoms with Crippen molar-refractivity contribution < 1.29 is 8.42 Å². The molecule has 1 aromatic heterocycles. The zero-order valence-corrected chi connectivity index (χ0v) is 12.9. The Morgan fingerprint density at radius 1 is 1.14 bits per heavy atom. The number of nitrogens with zero attached hydrogens (tertiary/aromatic N) is 1. The van der Waals surface area contributed by atoms with Gasteiger partial charge in [0.25, 0.3) is 0 Å². The summed E-state index contributed by atoms with van der Waals surface area (Å²) in [5.41, 5.74) is 2.54. The van der Waals surface area contributed by atoms with Crippen LogP contribution in [0.3, 0.4) is 0 Å². The van der Waals surface area contributed by atoms with Gasteiger partial charge in [-0.3, -0.25) is 4.98 Å². The van der Waals surface area contributed by atoms with E-state index in [1.54, 1.807) is 37.4 Å². The third kappa shape index (κ3) is 3.80. The molecule has 5 nitrogen and oxygen atoms in total. The van der Waals surface area contributed by atoms with Crippen molar-refractivity contribution >= 4 is 15.7 Å². The fourth-order valence-corrected chi connectivity index (χ4v) is 3.22. The zero-order valence-electron chi connectivity index (χ0n) is 12.1. The SMILES string of the molecule is CCNS(=O)(=O)c1ccccc1NCc1ncccc1C. The number of benzene rings is 1. The lowest BCUT2D eigenvalue weighted by Crippen LogP contribution is -2.24. The molecule has 2 aromatic rings. The molecule has 0 saturated carbocycles. The van der Waals surface area contributed by atoms with Crippen molar-refractivity contribution in [3.63, 3.8) is 0 Å². The average molecular weight is 305 g/mol. The number of sulfonamides is 1. The van der Waals surface area contributed by atoms with Gasteiger partial charge >= 0.3 is 0 Å². The second kappa shape index (κ2) is 6.69. The van der Waals surface area contributed by atoms with Crippen LogP contribution >= 0.6 is 0 Å². The molecule has 2 N–H and O–H groups in total. The minimum Gasteiger partial charge on any atom is -0.378 e. The Balaban J connectivity index is 2.24. The van der Waals surface area contributed by atoms with Gasteiger partial charge in [-0.2, -0.15) is 0 Å². The maximum Gasteiger partial charge on any atom is 0.242 e. The minimum absolute atomic E-state index is 0.250. The molecule has 0 fully saturated rings. The number of pyridine rings is 1. The van der Waals surface area contributed by atoms with Crippen molar-refractivity contribution in [3.8, 4) is 0 Å².